The van der Waals surface area contributed by atoms with Gasteiger partial charge in [0.2, 0.25) is 0 Å². The van der Waals surface area contributed by atoms with Gasteiger partial charge in [0.05, 0.1) is 28.0 Å². The van der Waals surface area contributed by atoms with Crippen LogP contribution in [0.5, 0.6) is 0 Å². The molecule has 0 fully saturated rings. The van der Waals surface area contributed by atoms with Crippen LogP contribution in [-0.4, -0.2) is 29.3 Å². The summed E-state index contributed by atoms with van der Waals surface area (Å²) < 4.78 is 1.89. The molecule has 0 spiro atoms. The van der Waals surface area contributed by atoms with Crippen LogP contribution in [0, 0.1) is 0 Å². The first-order valence-corrected chi connectivity index (χ1v) is 10.5. The third-order valence-corrected chi connectivity index (χ3v) is 6.06. The van der Waals surface area contributed by atoms with E-state index in [9.17, 15) is 4.79 Å². The van der Waals surface area contributed by atoms with Crippen LogP contribution < -0.4 is 10.3 Å². The first-order chi connectivity index (χ1) is 14.8. The van der Waals surface area contributed by atoms with Crippen molar-refractivity contribution in [3.05, 3.63) is 88.7 Å². The van der Waals surface area contributed by atoms with E-state index in [1.54, 1.807) is 12.3 Å². The molecule has 0 atom stereocenters. The number of hydrogen-bond acceptors (Lipinski definition) is 3. The van der Waals surface area contributed by atoms with E-state index in [0.29, 0.717) is 10.6 Å². The van der Waals surface area contributed by atoms with Gasteiger partial charge in [-0.05, 0) is 62.7 Å². The summed E-state index contributed by atoms with van der Waals surface area (Å²) >= 11 is 6.54. The SMILES string of the molecule is CC1=CC(C)(C)N(C)c2cc(Cl)c(/C=N/NC(=O)c3ccccc3-n3cccc3)cc21. The number of nitrogens with zero attached hydrogens (tertiary/aromatic N) is 3. The Labute approximate surface area is 187 Å². The smallest absolute Gasteiger partial charge is 0.273 e. The zero-order chi connectivity index (χ0) is 22.2. The molecule has 158 valence electrons. The molecule has 0 saturated carbocycles. The molecule has 1 N–H and O–H groups in total. The molecule has 1 amide bonds. The third-order valence-electron chi connectivity index (χ3n) is 5.74. The van der Waals surface area contributed by atoms with Crippen molar-refractivity contribution in [2.45, 2.75) is 26.3 Å². The third kappa shape index (κ3) is 4.01. The largest absolute Gasteiger partial charge is 0.365 e. The van der Waals surface area contributed by atoms with Crippen LogP contribution in [0.3, 0.4) is 0 Å². The van der Waals surface area contributed by atoms with Gasteiger partial charge in [0.1, 0.15) is 0 Å². The highest BCUT2D eigenvalue weighted by molar-refractivity contribution is 6.33. The number of likely N-dealkylation sites (N-methyl/N-ethyl adjacent to an activating group) is 1. The van der Waals surface area contributed by atoms with Crippen LogP contribution in [0.2, 0.25) is 5.02 Å². The van der Waals surface area contributed by atoms with Crippen molar-refractivity contribution in [3.63, 3.8) is 0 Å². The summed E-state index contributed by atoms with van der Waals surface area (Å²) in [5, 5.41) is 4.76. The van der Waals surface area contributed by atoms with Gasteiger partial charge in [-0.1, -0.05) is 29.8 Å². The van der Waals surface area contributed by atoms with Crippen molar-refractivity contribution in [2.24, 2.45) is 5.10 Å². The highest BCUT2D eigenvalue weighted by Gasteiger charge is 2.29. The second kappa shape index (κ2) is 8.08. The van der Waals surface area contributed by atoms with Gasteiger partial charge >= 0.3 is 0 Å². The second-order valence-corrected chi connectivity index (χ2v) is 8.64. The standard InChI is InChI=1S/C25H25ClN4O/c1-17-15-25(2,3)29(4)23-14-21(26)18(13-20(17)23)16-27-28-24(31)19-9-5-6-10-22(19)30-11-7-8-12-30/h5-16H,1-4H3,(H,28,31)/b27-16+. The van der Waals surface area contributed by atoms with Gasteiger partial charge in [-0.15, -0.1) is 0 Å². The Balaban J connectivity index is 1.57. The molecule has 2 heterocycles. The summed E-state index contributed by atoms with van der Waals surface area (Å²) in [6, 6.07) is 15.2. The van der Waals surface area contributed by atoms with E-state index < -0.39 is 0 Å². The number of benzene rings is 2. The maximum atomic E-state index is 12.7. The molecule has 5 nitrogen and oxygen atoms in total. The molecule has 3 aromatic rings. The van der Waals surface area contributed by atoms with Crippen LogP contribution in [0.1, 0.15) is 42.3 Å². The lowest BCUT2D eigenvalue weighted by atomic mass is 9.88. The number of para-hydroxylation sites is 1. The first kappa shape index (κ1) is 20.9. The van der Waals surface area contributed by atoms with Crippen LogP contribution in [-0.2, 0) is 0 Å². The number of carbonyl (C=O) groups excluding carboxylic acids is 1. The normalized spacial score (nSPS) is 15.0. The fraction of sp³-hybridized carbons (Fsp3) is 0.200. The zero-order valence-electron chi connectivity index (χ0n) is 18.1. The number of anilines is 1. The van der Waals surface area contributed by atoms with Gasteiger partial charge in [0.25, 0.3) is 5.91 Å². The Morgan fingerprint density at radius 1 is 1.10 bits per heavy atom. The van der Waals surface area contributed by atoms with Crippen molar-refractivity contribution in [2.75, 3.05) is 11.9 Å². The van der Waals surface area contributed by atoms with E-state index in [-0.39, 0.29) is 11.4 Å². The van der Waals surface area contributed by atoms with E-state index >= 15 is 0 Å². The maximum Gasteiger partial charge on any atom is 0.273 e. The van der Waals surface area contributed by atoms with Crippen molar-refractivity contribution in [1.29, 1.82) is 0 Å². The monoisotopic (exact) mass is 432 g/mol. The predicted octanol–water partition coefficient (Wildman–Crippen LogP) is 5.53. The Hall–Kier alpha value is -3.31. The molecular weight excluding hydrogens is 408 g/mol. The summed E-state index contributed by atoms with van der Waals surface area (Å²) in [7, 11) is 2.06. The van der Waals surface area contributed by atoms with Gasteiger partial charge in [-0.2, -0.15) is 5.10 Å². The summed E-state index contributed by atoms with van der Waals surface area (Å²) in [5.41, 5.74) is 7.99. The van der Waals surface area contributed by atoms with Crippen molar-refractivity contribution in [1.82, 2.24) is 9.99 Å². The lowest BCUT2D eigenvalue weighted by molar-refractivity contribution is 0.0955. The number of nitrogens with one attached hydrogen (secondary N) is 1. The fourth-order valence-corrected chi connectivity index (χ4v) is 4.10. The highest BCUT2D eigenvalue weighted by Crippen LogP contribution is 2.40. The van der Waals surface area contributed by atoms with E-state index in [1.807, 2.05) is 59.4 Å². The second-order valence-electron chi connectivity index (χ2n) is 8.24. The van der Waals surface area contributed by atoms with Crippen molar-refractivity contribution >= 4 is 35.0 Å². The molecule has 6 heteroatoms. The number of rotatable bonds is 4. The molecule has 0 aliphatic carbocycles. The molecule has 0 radical (unpaired) electrons. The summed E-state index contributed by atoms with van der Waals surface area (Å²) in [6.45, 7) is 6.44. The molecule has 31 heavy (non-hydrogen) atoms. The van der Waals surface area contributed by atoms with E-state index in [1.165, 1.54) is 5.57 Å². The minimum atomic E-state index is -0.285. The molecule has 1 aliphatic rings. The number of allylic oxidation sites excluding steroid dienone is 1. The van der Waals surface area contributed by atoms with Crippen molar-refractivity contribution < 1.29 is 4.79 Å². The van der Waals surface area contributed by atoms with Crippen molar-refractivity contribution in [3.8, 4) is 5.69 Å². The van der Waals surface area contributed by atoms with Gasteiger partial charge in [0.15, 0.2) is 0 Å². The summed E-state index contributed by atoms with van der Waals surface area (Å²) in [6.07, 6.45) is 7.63. The van der Waals surface area contributed by atoms with E-state index in [0.717, 1.165) is 22.5 Å². The molecule has 0 bridgehead atoms. The lowest BCUT2D eigenvalue weighted by Gasteiger charge is -2.40. The maximum absolute atomic E-state index is 12.7. The minimum Gasteiger partial charge on any atom is -0.365 e. The topological polar surface area (TPSA) is 49.6 Å². The molecule has 1 aliphatic heterocycles. The Morgan fingerprint density at radius 3 is 2.55 bits per heavy atom. The number of hydrazone groups is 1. The fourth-order valence-electron chi connectivity index (χ4n) is 3.89. The molecule has 4 rings (SSSR count). The zero-order valence-corrected chi connectivity index (χ0v) is 18.8. The summed E-state index contributed by atoms with van der Waals surface area (Å²) in [5.74, 6) is -0.285. The molecule has 1 aromatic heterocycles. The van der Waals surface area contributed by atoms with E-state index in [2.05, 4.69) is 49.3 Å². The van der Waals surface area contributed by atoms with Gasteiger partial charge in [-0.3, -0.25) is 4.79 Å². The number of amides is 1. The molecule has 0 unspecified atom stereocenters. The van der Waals surface area contributed by atoms with Crippen LogP contribution in [0.15, 0.2) is 72.1 Å². The Morgan fingerprint density at radius 2 is 1.81 bits per heavy atom. The number of aromatic nitrogens is 1. The van der Waals surface area contributed by atoms with Gasteiger partial charge in [0, 0.05) is 36.3 Å². The Bertz CT molecular complexity index is 1190. The predicted molar refractivity (Wildman–Crippen MR) is 128 cm³/mol. The van der Waals surface area contributed by atoms with Crippen LogP contribution >= 0.6 is 11.6 Å². The molecular formula is C25H25ClN4O. The quantitative estimate of drug-likeness (QED) is 0.435. The van der Waals surface area contributed by atoms with Gasteiger partial charge < -0.3 is 9.47 Å². The number of halogens is 1. The molecule has 2 aromatic carbocycles. The highest BCUT2D eigenvalue weighted by atomic mass is 35.5. The Kier molecular flexibility index (Phi) is 5.46. The van der Waals surface area contributed by atoms with Crippen LogP contribution in [0.4, 0.5) is 5.69 Å². The number of carbonyl (C=O) groups is 1. The molecule has 0 saturated heterocycles. The summed E-state index contributed by atoms with van der Waals surface area (Å²) in [4.78, 5) is 15.0. The number of fused-ring (bicyclic) bond motifs is 1. The average Bonchev–Trinajstić information content (AvgIpc) is 3.27. The average molecular weight is 433 g/mol. The number of hydrogen-bond donors (Lipinski definition) is 1. The first-order valence-electron chi connectivity index (χ1n) is 10.1. The van der Waals surface area contributed by atoms with E-state index in [4.69, 9.17) is 11.6 Å². The van der Waals surface area contributed by atoms with Gasteiger partial charge in [-0.25, -0.2) is 5.43 Å². The minimum absolute atomic E-state index is 0.0862. The lowest BCUT2D eigenvalue weighted by Crippen LogP contribution is -2.42. The van der Waals surface area contributed by atoms with Crippen LogP contribution in [0.25, 0.3) is 11.3 Å².